The molecular weight excluding hydrogens is 287 g/mol. The topological polar surface area (TPSA) is 41.1 Å². The maximum atomic E-state index is 13.0. The first-order valence-corrected chi connectivity index (χ1v) is 6.37. The van der Waals surface area contributed by atoms with Crippen LogP contribution in [0.2, 0.25) is 0 Å². The Morgan fingerprint density at radius 3 is 2.82 bits per heavy atom. The maximum Gasteiger partial charge on any atom is 0.242 e. The molecule has 1 aromatic rings. The van der Waals surface area contributed by atoms with Crippen molar-refractivity contribution in [2.24, 2.45) is 0 Å². The lowest BCUT2D eigenvalue weighted by Gasteiger charge is -2.15. The Kier molecular flexibility index (Phi) is 3.66. The third-order valence-corrected chi connectivity index (χ3v) is 3.23. The Hall–Kier alpha value is -1.10. The van der Waals surface area contributed by atoms with Crippen LogP contribution in [0.5, 0.6) is 0 Å². The van der Waals surface area contributed by atoms with E-state index >= 15 is 0 Å². The average molecular weight is 301 g/mol. The molecule has 5 heteroatoms. The minimum absolute atomic E-state index is 0.0204. The summed E-state index contributed by atoms with van der Waals surface area (Å²) in [4.78, 5) is 11.7. The molecule has 0 saturated heterocycles. The van der Waals surface area contributed by atoms with Crippen molar-refractivity contribution in [1.29, 1.82) is 0 Å². The van der Waals surface area contributed by atoms with Crippen LogP contribution in [0.25, 0.3) is 0 Å². The fraction of sp³-hybridized carbons (Fsp3) is 0.417. The summed E-state index contributed by atoms with van der Waals surface area (Å²) in [6.07, 6.45) is 2.14. The van der Waals surface area contributed by atoms with Gasteiger partial charge in [-0.3, -0.25) is 4.79 Å². The third kappa shape index (κ3) is 3.43. The van der Waals surface area contributed by atoms with Gasteiger partial charge in [-0.25, -0.2) is 4.39 Å². The number of hydrogen-bond donors (Lipinski definition) is 2. The molecule has 3 nitrogen and oxygen atoms in total. The van der Waals surface area contributed by atoms with Crippen molar-refractivity contribution in [3.8, 4) is 0 Å². The van der Waals surface area contributed by atoms with Gasteiger partial charge in [0, 0.05) is 11.7 Å². The van der Waals surface area contributed by atoms with E-state index in [1.54, 1.807) is 19.1 Å². The number of amides is 1. The smallest absolute Gasteiger partial charge is 0.242 e. The van der Waals surface area contributed by atoms with E-state index in [9.17, 15) is 9.18 Å². The highest BCUT2D eigenvalue weighted by atomic mass is 79.9. The van der Waals surface area contributed by atoms with Gasteiger partial charge in [0.05, 0.1) is 4.47 Å². The molecule has 2 rings (SSSR count). The lowest BCUT2D eigenvalue weighted by molar-refractivity contribution is -0.121. The number of nitrogens with one attached hydrogen (secondary N) is 2. The molecule has 1 fully saturated rings. The van der Waals surface area contributed by atoms with Gasteiger partial charge in [0.15, 0.2) is 0 Å². The minimum atomic E-state index is -0.326. The summed E-state index contributed by atoms with van der Waals surface area (Å²) in [6.45, 7) is 1.79. The van der Waals surface area contributed by atoms with E-state index in [2.05, 4.69) is 26.6 Å². The Morgan fingerprint density at radius 2 is 2.24 bits per heavy atom. The zero-order chi connectivity index (χ0) is 12.4. The second kappa shape index (κ2) is 5.04. The predicted molar refractivity (Wildman–Crippen MR) is 68.3 cm³/mol. The molecule has 92 valence electrons. The van der Waals surface area contributed by atoms with E-state index in [-0.39, 0.29) is 17.8 Å². The lowest BCUT2D eigenvalue weighted by atomic mass is 10.2. The molecule has 1 unspecified atom stereocenters. The number of benzene rings is 1. The molecule has 17 heavy (non-hydrogen) atoms. The van der Waals surface area contributed by atoms with Gasteiger partial charge in [0.1, 0.15) is 11.9 Å². The van der Waals surface area contributed by atoms with Gasteiger partial charge in [-0.1, -0.05) is 0 Å². The van der Waals surface area contributed by atoms with Gasteiger partial charge in [-0.2, -0.15) is 0 Å². The van der Waals surface area contributed by atoms with Crippen molar-refractivity contribution in [3.63, 3.8) is 0 Å². The molecule has 1 aromatic carbocycles. The first-order valence-electron chi connectivity index (χ1n) is 5.58. The molecule has 0 spiro atoms. The Balaban J connectivity index is 1.94. The minimum Gasteiger partial charge on any atom is -0.374 e. The average Bonchev–Trinajstić information content (AvgIpc) is 3.07. The van der Waals surface area contributed by atoms with Gasteiger partial charge in [-0.15, -0.1) is 0 Å². The summed E-state index contributed by atoms with van der Waals surface area (Å²) in [5.41, 5.74) is 0.719. The van der Waals surface area contributed by atoms with Crippen molar-refractivity contribution >= 4 is 27.5 Å². The van der Waals surface area contributed by atoms with Gasteiger partial charge in [0.25, 0.3) is 0 Å². The van der Waals surface area contributed by atoms with Gasteiger partial charge < -0.3 is 10.6 Å². The monoisotopic (exact) mass is 300 g/mol. The van der Waals surface area contributed by atoms with Crippen LogP contribution in [0, 0.1) is 5.82 Å². The second-order valence-electron chi connectivity index (χ2n) is 4.28. The zero-order valence-electron chi connectivity index (χ0n) is 9.47. The van der Waals surface area contributed by atoms with Crippen LogP contribution in [0.3, 0.4) is 0 Å². The Morgan fingerprint density at radius 1 is 1.53 bits per heavy atom. The third-order valence-electron chi connectivity index (χ3n) is 2.62. The molecule has 0 aliphatic heterocycles. The predicted octanol–water partition coefficient (Wildman–Crippen LogP) is 2.67. The number of rotatable bonds is 4. The van der Waals surface area contributed by atoms with Crippen molar-refractivity contribution in [3.05, 3.63) is 28.5 Å². The zero-order valence-corrected chi connectivity index (χ0v) is 11.1. The molecule has 1 aliphatic carbocycles. The van der Waals surface area contributed by atoms with E-state index in [4.69, 9.17) is 0 Å². The molecular formula is C12H14BrFN2O. The standard InChI is InChI=1S/C12H14BrFN2O/c1-7(12(17)16-8-2-3-8)15-9-4-5-11(14)10(13)6-9/h4-8,15H,2-3H2,1H3,(H,16,17). The van der Waals surface area contributed by atoms with Crippen molar-refractivity contribution in [1.82, 2.24) is 5.32 Å². The summed E-state index contributed by atoms with van der Waals surface area (Å²) in [7, 11) is 0. The van der Waals surface area contributed by atoms with Crippen LogP contribution in [-0.2, 0) is 4.79 Å². The van der Waals surface area contributed by atoms with E-state index in [1.165, 1.54) is 6.07 Å². The molecule has 0 aromatic heterocycles. The van der Waals surface area contributed by atoms with Gasteiger partial charge in [-0.05, 0) is 53.9 Å². The summed E-state index contributed by atoms with van der Waals surface area (Å²) >= 11 is 3.11. The van der Waals surface area contributed by atoms with Crippen LogP contribution < -0.4 is 10.6 Å². The highest BCUT2D eigenvalue weighted by molar-refractivity contribution is 9.10. The molecule has 1 saturated carbocycles. The quantitative estimate of drug-likeness (QED) is 0.897. The number of halogens is 2. The summed E-state index contributed by atoms with van der Waals surface area (Å²) in [6, 6.07) is 4.62. The van der Waals surface area contributed by atoms with Crippen molar-refractivity contribution in [2.45, 2.75) is 31.8 Å². The van der Waals surface area contributed by atoms with E-state index in [1.807, 2.05) is 0 Å². The largest absolute Gasteiger partial charge is 0.374 e. The lowest BCUT2D eigenvalue weighted by Crippen LogP contribution is -2.38. The molecule has 2 N–H and O–H groups in total. The van der Waals surface area contributed by atoms with E-state index in [0.29, 0.717) is 10.5 Å². The van der Waals surface area contributed by atoms with Gasteiger partial charge in [0.2, 0.25) is 5.91 Å². The summed E-state index contributed by atoms with van der Waals surface area (Å²) in [5, 5.41) is 5.95. The fourth-order valence-electron chi connectivity index (χ4n) is 1.46. The molecule has 0 bridgehead atoms. The number of hydrogen-bond acceptors (Lipinski definition) is 2. The molecule has 1 amide bonds. The normalized spacial score (nSPS) is 16.4. The molecule has 1 aliphatic rings. The second-order valence-corrected chi connectivity index (χ2v) is 5.13. The van der Waals surface area contributed by atoms with Crippen LogP contribution in [0.1, 0.15) is 19.8 Å². The van der Waals surface area contributed by atoms with Crippen LogP contribution in [-0.4, -0.2) is 18.0 Å². The van der Waals surface area contributed by atoms with E-state index in [0.717, 1.165) is 18.5 Å². The Labute approximate surface area is 108 Å². The molecule has 1 atom stereocenters. The fourth-order valence-corrected chi connectivity index (χ4v) is 1.83. The highest BCUT2D eigenvalue weighted by Gasteiger charge is 2.25. The van der Waals surface area contributed by atoms with Crippen LogP contribution >= 0.6 is 15.9 Å². The highest BCUT2D eigenvalue weighted by Crippen LogP contribution is 2.21. The first-order chi connectivity index (χ1) is 8.06. The Bertz CT molecular complexity index is 435. The van der Waals surface area contributed by atoms with Crippen LogP contribution in [0.4, 0.5) is 10.1 Å². The first kappa shape index (κ1) is 12.4. The van der Waals surface area contributed by atoms with Gasteiger partial charge >= 0.3 is 0 Å². The van der Waals surface area contributed by atoms with Crippen LogP contribution in [0.15, 0.2) is 22.7 Å². The summed E-state index contributed by atoms with van der Waals surface area (Å²) < 4.78 is 13.4. The molecule has 0 radical (unpaired) electrons. The molecule has 0 heterocycles. The number of anilines is 1. The SMILES string of the molecule is CC(Nc1ccc(F)c(Br)c1)C(=O)NC1CC1. The maximum absolute atomic E-state index is 13.0. The number of carbonyl (C=O) groups excluding carboxylic acids is 1. The summed E-state index contributed by atoms with van der Waals surface area (Å²) in [5.74, 6) is -0.335. The van der Waals surface area contributed by atoms with E-state index < -0.39 is 0 Å². The van der Waals surface area contributed by atoms with Crippen molar-refractivity contribution in [2.75, 3.05) is 5.32 Å². The number of carbonyl (C=O) groups is 1. The van der Waals surface area contributed by atoms with Crippen molar-refractivity contribution < 1.29 is 9.18 Å².